The molecule has 0 aromatic carbocycles. The van der Waals surface area contributed by atoms with E-state index >= 15 is 0 Å². The average molecular weight is 222 g/mol. The second-order valence-electron chi connectivity index (χ2n) is 3.32. The van der Waals surface area contributed by atoms with E-state index in [-0.39, 0.29) is 0 Å². The summed E-state index contributed by atoms with van der Waals surface area (Å²) in [5.74, 6) is -1.34. The Bertz CT molecular complexity index is 625. The summed E-state index contributed by atoms with van der Waals surface area (Å²) in [5, 5.41) is 12.9. The Labute approximate surface area is 89.7 Å². The molecule has 0 spiro atoms. The van der Waals surface area contributed by atoms with Crippen LogP contribution in [-0.4, -0.2) is 30.8 Å². The fourth-order valence-electron chi connectivity index (χ4n) is 1.53. The molecule has 2 rings (SSSR count). The van der Waals surface area contributed by atoms with Gasteiger partial charge in [0.2, 0.25) is 5.69 Å². The first-order valence-electron chi connectivity index (χ1n) is 4.75. The van der Waals surface area contributed by atoms with Gasteiger partial charge in [0.05, 0.1) is 5.69 Å². The highest BCUT2D eigenvalue weighted by molar-refractivity contribution is 5.87. The third-order valence-corrected chi connectivity index (χ3v) is 2.27. The Kier molecular flexibility index (Phi) is 2.22. The minimum atomic E-state index is -1.34. The zero-order valence-corrected chi connectivity index (χ0v) is 8.81. The smallest absolute Gasteiger partial charge is 0.360 e. The number of nitrogens with zero attached hydrogens (tertiary/aromatic N) is 3. The first kappa shape index (κ1) is 10.3. The minimum absolute atomic E-state index is 0.416. The van der Waals surface area contributed by atoms with Crippen molar-refractivity contribution in [3.8, 4) is 0 Å². The zero-order valence-electron chi connectivity index (χ0n) is 8.81. The lowest BCUT2D eigenvalue weighted by atomic mass is 10.3. The maximum absolute atomic E-state index is 11.4. The van der Waals surface area contributed by atoms with Gasteiger partial charge in [-0.3, -0.25) is 4.79 Å². The fourth-order valence-corrected chi connectivity index (χ4v) is 1.53. The van der Waals surface area contributed by atoms with Gasteiger partial charge < -0.3 is 10.1 Å². The van der Waals surface area contributed by atoms with Gasteiger partial charge in [0.15, 0.2) is 5.65 Å². The molecular weight excluding hydrogens is 212 g/mol. The number of aromatic carboxylic acids is 1. The van der Waals surface area contributed by atoms with E-state index in [0.717, 1.165) is 0 Å². The summed E-state index contributed by atoms with van der Waals surface area (Å²) in [6.45, 7) is 4.16. The summed E-state index contributed by atoms with van der Waals surface area (Å²) >= 11 is 0. The van der Waals surface area contributed by atoms with Crippen molar-refractivity contribution in [2.24, 2.45) is 0 Å². The zero-order chi connectivity index (χ0) is 11.9. The van der Waals surface area contributed by atoms with E-state index in [1.54, 1.807) is 11.6 Å². The van der Waals surface area contributed by atoms with Gasteiger partial charge in [-0.2, -0.15) is 5.10 Å². The Morgan fingerprint density at radius 2 is 2.25 bits per heavy atom. The number of hydrogen-bond donors (Lipinski definition) is 2. The Morgan fingerprint density at radius 3 is 2.81 bits per heavy atom. The average Bonchev–Trinajstić information content (AvgIpc) is 2.53. The number of carbonyl (C=O) groups is 1. The second-order valence-corrected chi connectivity index (χ2v) is 3.32. The van der Waals surface area contributed by atoms with Crippen molar-refractivity contribution in [2.75, 3.05) is 0 Å². The first-order valence-corrected chi connectivity index (χ1v) is 4.75. The molecule has 2 aromatic rings. The van der Waals surface area contributed by atoms with Crippen molar-refractivity contribution in [1.82, 2.24) is 19.7 Å². The van der Waals surface area contributed by atoms with Crippen LogP contribution in [0.1, 0.15) is 23.1 Å². The van der Waals surface area contributed by atoms with Crippen LogP contribution in [-0.2, 0) is 6.54 Å². The van der Waals surface area contributed by atoms with E-state index in [2.05, 4.69) is 15.1 Å². The third kappa shape index (κ3) is 1.37. The standard InChI is InChI=1S/C9H10N4O3/c1-3-13-7-5(4(2)12-13)10-6(9(15)16)8(14)11-7/h3H2,1-2H3,(H,11,14)(H,15,16). The van der Waals surface area contributed by atoms with Gasteiger partial charge in [-0.05, 0) is 13.8 Å². The highest BCUT2D eigenvalue weighted by Gasteiger charge is 2.16. The molecule has 0 aliphatic rings. The molecule has 2 aromatic heterocycles. The van der Waals surface area contributed by atoms with Gasteiger partial charge in [0.1, 0.15) is 5.52 Å². The van der Waals surface area contributed by atoms with Crippen molar-refractivity contribution in [2.45, 2.75) is 20.4 Å². The number of H-pyrrole nitrogens is 1. The van der Waals surface area contributed by atoms with Crippen LogP contribution in [0, 0.1) is 6.92 Å². The lowest BCUT2D eigenvalue weighted by Crippen LogP contribution is -2.20. The van der Waals surface area contributed by atoms with Crippen LogP contribution < -0.4 is 5.56 Å². The van der Waals surface area contributed by atoms with Gasteiger partial charge in [0.25, 0.3) is 5.56 Å². The number of aromatic nitrogens is 4. The quantitative estimate of drug-likeness (QED) is 0.752. The van der Waals surface area contributed by atoms with Crippen LogP contribution in [0.4, 0.5) is 0 Å². The number of carboxylic acids is 1. The summed E-state index contributed by atoms with van der Waals surface area (Å²) in [6.07, 6.45) is 0. The predicted molar refractivity (Wildman–Crippen MR) is 55.5 cm³/mol. The first-order chi connectivity index (χ1) is 7.54. The molecule has 0 fully saturated rings. The minimum Gasteiger partial charge on any atom is -0.476 e. The molecule has 84 valence electrons. The van der Waals surface area contributed by atoms with Gasteiger partial charge in [-0.1, -0.05) is 0 Å². The third-order valence-electron chi connectivity index (χ3n) is 2.27. The molecule has 16 heavy (non-hydrogen) atoms. The molecule has 0 saturated carbocycles. The predicted octanol–water partition coefficient (Wildman–Crippen LogP) is 0.146. The van der Waals surface area contributed by atoms with Crippen molar-refractivity contribution in [3.05, 3.63) is 21.7 Å². The van der Waals surface area contributed by atoms with Crippen LogP contribution in [0.3, 0.4) is 0 Å². The number of carboxylic acid groups (broad SMARTS) is 1. The van der Waals surface area contributed by atoms with Crippen molar-refractivity contribution in [3.63, 3.8) is 0 Å². The molecule has 0 radical (unpaired) electrons. The summed E-state index contributed by atoms with van der Waals surface area (Å²) in [7, 11) is 0. The molecule has 7 heteroatoms. The maximum atomic E-state index is 11.4. The normalized spacial score (nSPS) is 10.9. The Hall–Kier alpha value is -2.18. The van der Waals surface area contributed by atoms with Gasteiger partial charge in [0, 0.05) is 6.54 Å². The summed E-state index contributed by atoms with van der Waals surface area (Å²) in [4.78, 5) is 28.5. The second kappa shape index (κ2) is 3.44. The number of nitrogens with one attached hydrogen (secondary N) is 1. The van der Waals surface area contributed by atoms with Crippen molar-refractivity contribution in [1.29, 1.82) is 0 Å². The Balaban J connectivity index is 2.86. The van der Waals surface area contributed by atoms with Gasteiger partial charge in [-0.25, -0.2) is 14.5 Å². The van der Waals surface area contributed by atoms with E-state index in [1.807, 2.05) is 6.92 Å². The highest BCUT2D eigenvalue weighted by atomic mass is 16.4. The van der Waals surface area contributed by atoms with Crippen molar-refractivity contribution >= 4 is 17.1 Å². The molecule has 2 N–H and O–H groups in total. The van der Waals surface area contributed by atoms with Crippen LogP contribution in [0.5, 0.6) is 0 Å². The molecule has 0 aliphatic carbocycles. The summed E-state index contributed by atoms with van der Waals surface area (Å²) in [5.41, 5.74) is 0.241. The molecule has 0 bridgehead atoms. The molecular formula is C9H10N4O3. The van der Waals surface area contributed by atoms with Crippen LogP contribution in [0.25, 0.3) is 11.2 Å². The van der Waals surface area contributed by atoms with E-state index in [0.29, 0.717) is 23.4 Å². The number of aryl methyl sites for hydroxylation is 2. The topological polar surface area (TPSA) is 101 Å². The number of fused-ring (bicyclic) bond motifs is 1. The lowest BCUT2D eigenvalue weighted by Gasteiger charge is -1.97. The highest BCUT2D eigenvalue weighted by Crippen LogP contribution is 2.11. The number of rotatable bonds is 2. The molecule has 0 atom stereocenters. The van der Waals surface area contributed by atoms with Gasteiger partial charge >= 0.3 is 5.97 Å². The van der Waals surface area contributed by atoms with Crippen molar-refractivity contribution < 1.29 is 9.90 Å². The lowest BCUT2D eigenvalue weighted by molar-refractivity contribution is 0.0689. The molecule has 7 nitrogen and oxygen atoms in total. The molecule has 0 aliphatic heterocycles. The molecule has 0 unspecified atom stereocenters. The van der Waals surface area contributed by atoms with Crippen LogP contribution >= 0.6 is 0 Å². The Morgan fingerprint density at radius 1 is 1.56 bits per heavy atom. The van der Waals surface area contributed by atoms with Gasteiger partial charge in [-0.15, -0.1) is 0 Å². The number of aromatic amines is 1. The van der Waals surface area contributed by atoms with E-state index in [1.165, 1.54) is 0 Å². The van der Waals surface area contributed by atoms with Crippen LogP contribution in [0.15, 0.2) is 4.79 Å². The maximum Gasteiger partial charge on any atom is 0.360 e. The van der Waals surface area contributed by atoms with E-state index in [9.17, 15) is 9.59 Å². The fraction of sp³-hybridized carbons (Fsp3) is 0.333. The van der Waals surface area contributed by atoms with Crippen LogP contribution in [0.2, 0.25) is 0 Å². The molecule has 0 amide bonds. The summed E-state index contributed by atoms with van der Waals surface area (Å²) in [6, 6.07) is 0. The SMILES string of the molecule is CCn1nc(C)c2nc(C(=O)O)c(=O)[nH]c21. The van der Waals surface area contributed by atoms with E-state index < -0.39 is 17.2 Å². The molecule has 2 heterocycles. The van der Waals surface area contributed by atoms with E-state index in [4.69, 9.17) is 5.11 Å². The monoisotopic (exact) mass is 222 g/mol. The largest absolute Gasteiger partial charge is 0.476 e. The molecule has 0 saturated heterocycles. The number of hydrogen-bond acceptors (Lipinski definition) is 4. The summed E-state index contributed by atoms with van der Waals surface area (Å²) < 4.78 is 1.57.